The van der Waals surface area contributed by atoms with Gasteiger partial charge in [-0.15, -0.1) is 0 Å². The minimum absolute atomic E-state index is 0.0000201. The number of fused-ring (bicyclic) bond motifs is 3. The molecule has 0 aliphatic heterocycles. The molecule has 0 spiro atoms. The fourth-order valence-electron chi connectivity index (χ4n) is 3.27. The van der Waals surface area contributed by atoms with E-state index in [1.807, 2.05) is 60.1 Å². The van der Waals surface area contributed by atoms with Crippen LogP contribution in [0.1, 0.15) is 5.69 Å². The van der Waals surface area contributed by atoms with E-state index < -0.39 is 0 Å². The van der Waals surface area contributed by atoms with Gasteiger partial charge in [0, 0.05) is 42.5 Å². The Hall–Kier alpha value is -2.92. The number of hydrogen-bond donors (Lipinski definition) is 0. The van der Waals surface area contributed by atoms with E-state index in [-0.39, 0.29) is 12.3 Å². The lowest BCUT2D eigenvalue weighted by atomic mass is 10.1. The van der Waals surface area contributed by atoms with Crippen molar-refractivity contribution < 1.29 is 4.79 Å². The van der Waals surface area contributed by atoms with Crippen molar-refractivity contribution in [2.75, 3.05) is 14.1 Å². The second-order valence-electron chi connectivity index (χ2n) is 6.74. The second kappa shape index (κ2) is 6.67. The number of aryl methyl sites for hydroxylation is 1. The molecule has 136 valence electrons. The van der Waals surface area contributed by atoms with E-state index in [1.165, 1.54) is 0 Å². The highest BCUT2D eigenvalue weighted by Crippen LogP contribution is 2.32. The molecule has 27 heavy (non-hydrogen) atoms. The monoisotopic (exact) mass is 378 g/mol. The topological polar surface area (TPSA) is 51.0 Å². The summed E-state index contributed by atoms with van der Waals surface area (Å²) >= 11 is 6.20. The van der Waals surface area contributed by atoms with Crippen LogP contribution >= 0.6 is 11.6 Å². The molecule has 0 aliphatic rings. The summed E-state index contributed by atoms with van der Waals surface area (Å²) in [6.07, 6.45) is 0.216. The molecule has 0 radical (unpaired) electrons. The number of benzene rings is 2. The van der Waals surface area contributed by atoms with E-state index in [4.69, 9.17) is 21.6 Å². The number of rotatable bonds is 3. The lowest BCUT2D eigenvalue weighted by molar-refractivity contribution is -0.127. The van der Waals surface area contributed by atoms with Gasteiger partial charge in [0.15, 0.2) is 5.82 Å². The van der Waals surface area contributed by atoms with E-state index in [0.717, 1.165) is 33.2 Å². The molecule has 0 saturated carbocycles. The maximum Gasteiger partial charge on any atom is 0.228 e. The normalized spacial score (nSPS) is 11.3. The van der Waals surface area contributed by atoms with Gasteiger partial charge in [0.2, 0.25) is 5.91 Å². The number of aromatic nitrogens is 3. The molecule has 2 aromatic carbocycles. The smallest absolute Gasteiger partial charge is 0.228 e. The highest BCUT2D eigenvalue weighted by molar-refractivity contribution is 6.31. The van der Waals surface area contributed by atoms with Gasteiger partial charge in [-0.05, 0) is 12.1 Å². The molecule has 0 saturated heterocycles. The predicted molar refractivity (Wildman–Crippen MR) is 109 cm³/mol. The summed E-state index contributed by atoms with van der Waals surface area (Å²) in [5.74, 6) is 0.613. The van der Waals surface area contributed by atoms with Crippen molar-refractivity contribution in [1.29, 1.82) is 0 Å². The molecule has 2 aromatic heterocycles. The molecule has 6 heteroatoms. The number of carbonyl (C=O) groups is 1. The van der Waals surface area contributed by atoms with Gasteiger partial charge < -0.3 is 9.47 Å². The van der Waals surface area contributed by atoms with Crippen LogP contribution < -0.4 is 0 Å². The summed E-state index contributed by atoms with van der Waals surface area (Å²) in [7, 11) is 5.46. The highest BCUT2D eigenvalue weighted by Gasteiger charge is 2.19. The van der Waals surface area contributed by atoms with E-state index in [0.29, 0.717) is 10.8 Å². The van der Waals surface area contributed by atoms with Crippen LogP contribution in [0.5, 0.6) is 0 Å². The largest absolute Gasteiger partial charge is 0.348 e. The Morgan fingerprint density at radius 1 is 1.11 bits per heavy atom. The third-order valence-electron chi connectivity index (χ3n) is 4.72. The van der Waals surface area contributed by atoms with Crippen molar-refractivity contribution in [2.45, 2.75) is 6.42 Å². The lowest BCUT2D eigenvalue weighted by Gasteiger charge is -2.11. The first-order valence-corrected chi connectivity index (χ1v) is 9.03. The van der Waals surface area contributed by atoms with Gasteiger partial charge in [-0.3, -0.25) is 4.79 Å². The van der Waals surface area contributed by atoms with Gasteiger partial charge in [-0.25, -0.2) is 9.97 Å². The summed E-state index contributed by atoms with van der Waals surface area (Å²) in [5, 5.41) is 2.56. The number of nitrogens with zero attached hydrogens (tertiary/aromatic N) is 4. The molecule has 2 heterocycles. The first kappa shape index (κ1) is 17.5. The van der Waals surface area contributed by atoms with E-state index >= 15 is 0 Å². The molecule has 4 rings (SSSR count). The molecule has 5 nitrogen and oxygen atoms in total. The van der Waals surface area contributed by atoms with Crippen molar-refractivity contribution in [1.82, 2.24) is 19.4 Å². The Morgan fingerprint density at radius 2 is 1.85 bits per heavy atom. The van der Waals surface area contributed by atoms with Gasteiger partial charge in [0.05, 0.1) is 17.6 Å². The number of carbonyl (C=O) groups excluding carboxylic acids is 1. The van der Waals surface area contributed by atoms with Crippen LogP contribution in [0.2, 0.25) is 5.02 Å². The molecular formula is C21H19ClN4O. The van der Waals surface area contributed by atoms with Gasteiger partial charge in [-0.2, -0.15) is 0 Å². The molecule has 0 fully saturated rings. The lowest BCUT2D eigenvalue weighted by Crippen LogP contribution is -2.24. The maximum absolute atomic E-state index is 12.4. The Kier molecular flexibility index (Phi) is 4.32. The summed E-state index contributed by atoms with van der Waals surface area (Å²) in [5.41, 5.74) is 3.41. The van der Waals surface area contributed by atoms with E-state index in [9.17, 15) is 4.79 Å². The van der Waals surface area contributed by atoms with Crippen LogP contribution in [-0.2, 0) is 18.3 Å². The molecule has 0 unspecified atom stereocenters. The zero-order chi connectivity index (χ0) is 19.1. The molecular weight excluding hydrogens is 360 g/mol. The van der Waals surface area contributed by atoms with Crippen LogP contribution in [0.15, 0.2) is 48.5 Å². The molecule has 4 aromatic rings. The number of halogens is 1. The quantitative estimate of drug-likeness (QED) is 0.540. The minimum Gasteiger partial charge on any atom is -0.348 e. The Bertz CT molecular complexity index is 1170. The van der Waals surface area contributed by atoms with Crippen LogP contribution in [0.4, 0.5) is 0 Å². The highest BCUT2D eigenvalue weighted by atomic mass is 35.5. The van der Waals surface area contributed by atoms with Crippen molar-refractivity contribution >= 4 is 39.4 Å². The summed E-state index contributed by atoms with van der Waals surface area (Å²) in [4.78, 5) is 23.6. The van der Waals surface area contributed by atoms with Crippen molar-refractivity contribution in [3.63, 3.8) is 0 Å². The number of likely N-dealkylation sites (N-methyl/N-ethyl adjacent to an activating group) is 1. The standard InChI is InChI=1S/C21H19ClN4O/c1-25(2)18(27)12-16-19-15-10-9-14(22)11-17(15)26(3)21(19)24-20(23-16)13-7-5-4-6-8-13/h4-11H,12H2,1-3H3. The SMILES string of the molecule is CN(C)C(=O)Cc1nc(-c2ccccc2)nc2c1c1ccc(Cl)cc1n2C. The van der Waals surface area contributed by atoms with E-state index in [1.54, 1.807) is 19.0 Å². The average Bonchev–Trinajstić information content (AvgIpc) is 2.94. The fraction of sp³-hybridized carbons (Fsp3) is 0.190. The zero-order valence-corrected chi connectivity index (χ0v) is 16.2. The zero-order valence-electron chi connectivity index (χ0n) is 15.4. The fourth-order valence-corrected chi connectivity index (χ4v) is 3.43. The van der Waals surface area contributed by atoms with Gasteiger partial charge in [-0.1, -0.05) is 48.0 Å². The van der Waals surface area contributed by atoms with Crippen molar-refractivity contribution in [2.24, 2.45) is 7.05 Å². The Balaban J connectivity index is 2.05. The summed E-state index contributed by atoms with van der Waals surface area (Å²) in [6, 6.07) is 15.5. The average molecular weight is 379 g/mol. The summed E-state index contributed by atoms with van der Waals surface area (Å²) in [6.45, 7) is 0. The molecule has 0 bridgehead atoms. The van der Waals surface area contributed by atoms with Gasteiger partial charge >= 0.3 is 0 Å². The van der Waals surface area contributed by atoms with Gasteiger partial charge in [0.25, 0.3) is 0 Å². The summed E-state index contributed by atoms with van der Waals surface area (Å²) < 4.78 is 2.01. The first-order valence-electron chi connectivity index (χ1n) is 8.66. The molecule has 0 atom stereocenters. The first-order chi connectivity index (χ1) is 13.0. The number of amides is 1. The van der Waals surface area contributed by atoms with Gasteiger partial charge in [0.1, 0.15) is 5.65 Å². The molecule has 0 aliphatic carbocycles. The Morgan fingerprint density at radius 3 is 2.56 bits per heavy atom. The maximum atomic E-state index is 12.4. The second-order valence-corrected chi connectivity index (χ2v) is 7.18. The van der Waals surface area contributed by atoms with Crippen LogP contribution in [-0.4, -0.2) is 39.4 Å². The Labute approximate surface area is 162 Å². The molecule has 1 amide bonds. The third kappa shape index (κ3) is 3.04. The molecule has 0 N–H and O–H groups in total. The van der Waals surface area contributed by atoms with Crippen molar-refractivity contribution in [3.05, 3.63) is 59.2 Å². The van der Waals surface area contributed by atoms with Crippen LogP contribution in [0.25, 0.3) is 33.3 Å². The predicted octanol–water partition coefficient (Wildman–Crippen LogP) is 4.07. The van der Waals surface area contributed by atoms with Crippen molar-refractivity contribution in [3.8, 4) is 11.4 Å². The number of hydrogen-bond acceptors (Lipinski definition) is 3. The van der Waals surface area contributed by atoms with Crippen LogP contribution in [0, 0.1) is 0 Å². The van der Waals surface area contributed by atoms with Crippen LogP contribution in [0.3, 0.4) is 0 Å². The minimum atomic E-state index is -0.0000201. The van der Waals surface area contributed by atoms with E-state index in [2.05, 4.69) is 0 Å². The third-order valence-corrected chi connectivity index (χ3v) is 4.96.